The van der Waals surface area contributed by atoms with Crippen molar-refractivity contribution in [2.45, 2.75) is 51.7 Å². The van der Waals surface area contributed by atoms with Crippen molar-refractivity contribution in [1.29, 1.82) is 0 Å². The van der Waals surface area contributed by atoms with Crippen LogP contribution in [-0.2, 0) is 6.42 Å². The van der Waals surface area contributed by atoms with E-state index < -0.39 is 5.60 Å². The van der Waals surface area contributed by atoms with Crippen molar-refractivity contribution in [3.05, 3.63) is 23.5 Å². The number of hydrogen-bond donors (Lipinski definition) is 2. The summed E-state index contributed by atoms with van der Waals surface area (Å²) in [5, 5.41) is 15.9. The molecule has 1 atom stereocenters. The lowest BCUT2D eigenvalue weighted by molar-refractivity contribution is 0.0491. The van der Waals surface area contributed by atoms with Crippen LogP contribution in [-0.4, -0.2) is 32.2 Å². The van der Waals surface area contributed by atoms with Gasteiger partial charge >= 0.3 is 0 Å². The Kier molecular flexibility index (Phi) is 3.99. The Morgan fingerprint density at radius 3 is 2.74 bits per heavy atom. The van der Waals surface area contributed by atoms with Crippen molar-refractivity contribution in [1.82, 2.24) is 14.7 Å². The third-order valence-corrected chi connectivity index (χ3v) is 3.79. The third kappa shape index (κ3) is 4.30. The summed E-state index contributed by atoms with van der Waals surface area (Å²) in [5.41, 5.74) is 0.322. The predicted octanol–water partition coefficient (Wildman–Crippen LogP) is 2.47. The lowest BCUT2D eigenvalue weighted by Gasteiger charge is -2.26. The number of aliphatic hydroxyl groups is 1. The normalized spacial score (nSPS) is 15.8. The van der Waals surface area contributed by atoms with Crippen LogP contribution in [0.25, 0.3) is 4.96 Å². The molecule has 0 saturated carbocycles. The van der Waals surface area contributed by atoms with Crippen molar-refractivity contribution < 1.29 is 5.11 Å². The summed E-state index contributed by atoms with van der Waals surface area (Å²) < 4.78 is 2.00. The summed E-state index contributed by atoms with van der Waals surface area (Å²) in [7, 11) is 0. The Morgan fingerprint density at radius 2 is 2.11 bits per heavy atom. The third-order valence-electron chi connectivity index (χ3n) is 3.02. The highest BCUT2D eigenvalue weighted by molar-refractivity contribution is 7.15. The molecule has 0 radical (unpaired) electrons. The largest absolute Gasteiger partial charge is 0.390 e. The van der Waals surface area contributed by atoms with Crippen LogP contribution < -0.4 is 5.32 Å². The number of fused-ring (bicyclic) bond motifs is 1. The molecule has 0 spiro atoms. The number of rotatable bonds is 5. The Balaban J connectivity index is 1.91. The molecular weight excluding hydrogens is 258 g/mol. The lowest BCUT2D eigenvalue weighted by atomic mass is 9.96. The van der Waals surface area contributed by atoms with Gasteiger partial charge in [0.15, 0.2) is 4.96 Å². The average Bonchev–Trinajstić information content (AvgIpc) is 2.73. The molecule has 0 aliphatic heterocycles. The summed E-state index contributed by atoms with van der Waals surface area (Å²) in [6.45, 7) is 9.07. The molecule has 4 nitrogen and oxygen atoms in total. The van der Waals surface area contributed by atoms with Crippen LogP contribution in [0.4, 0.5) is 0 Å². The standard InChI is InChI=1S/C14H23N3OS/c1-13(2,3)15-6-5-14(4,18)9-11-10-17-7-8-19-12(17)16-11/h7-8,10,15,18H,5-6,9H2,1-4H3. The molecule has 0 fully saturated rings. The van der Waals surface area contributed by atoms with E-state index in [9.17, 15) is 5.11 Å². The van der Waals surface area contributed by atoms with Gasteiger partial charge in [-0.3, -0.25) is 4.40 Å². The first kappa shape index (κ1) is 14.5. The summed E-state index contributed by atoms with van der Waals surface area (Å²) >= 11 is 1.61. The van der Waals surface area contributed by atoms with Crippen LogP contribution in [0.2, 0.25) is 0 Å². The Bertz CT molecular complexity index is 508. The number of imidazole rings is 1. The highest BCUT2D eigenvalue weighted by Gasteiger charge is 2.23. The Morgan fingerprint density at radius 1 is 1.37 bits per heavy atom. The highest BCUT2D eigenvalue weighted by Crippen LogP contribution is 2.19. The molecule has 1 unspecified atom stereocenters. The zero-order valence-electron chi connectivity index (χ0n) is 12.1. The Labute approximate surface area is 118 Å². The molecule has 2 aromatic heterocycles. The molecule has 0 aromatic carbocycles. The van der Waals surface area contributed by atoms with Crippen LogP contribution in [0.5, 0.6) is 0 Å². The molecule has 2 aromatic rings. The van der Waals surface area contributed by atoms with Gasteiger partial charge in [0, 0.05) is 29.7 Å². The van der Waals surface area contributed by atoms with Gasteiger partial charge in [0.1, 0.15) is 0 Å². The number of aromatic nitrogens is 2. The maximum atomic E-state index is 10.4. The number of thiazole rings is 1. The quantitative estimate of drug-likeness (QED) is 0.885. The molecule has 2 rings (SSSR count). The van der Waals surface area contributed by atoms with Crippen molar-refractivity contribution in [3.8, 4) is 0 Å². The Hall–Kier alpha value is -0.910. The van der Waals surface area contributed by atoms with E-state index in [2.05, 4.69) is 31.1 Å². The van der Waals surface area contributed by atoms with Crippen molar-refractivity contribution in [2.24, 2.45) is 0 Å². The fourth-order valence-electron chi connectivity index (χ4n) is 2.05. The number of hydrogen-bond acceptors (Lipinski definition) is 4. The van der Waals surface area contributed by atoms with Crippen LogP contribution >= 0.6 is 11.3 Å². The van der Waals surface area contributed by atoms with Gasteiger partial charge in [0.2, 0.25) is 0 Å². The zero-order chi connectivity index (χ0) is 14.1. The maximum absolute atomic E-state index is 10.4. The molecule has 2 heterocycles. The second kappa shape index (κ2) is 5.23. The SMILES string of the molecule is CC(O)(CCNC(C)(C)C)Cc1cn2ccsc2n1. The van der Waals surface area contributed by atoms with Gasteiger partial charge in [-0.2, -0.15) is 0 Å². The molecule has 0 aliphatic carbocycles. The molecule has 2 N–H and O–H groups in total. The molecule has 0 aliphatic rings. The molecule has 5 heteroatoms. The van der Waals surface area contributed by atoms with Crippen LogP contribution in [0.1, 0.15) is 39.8 Å². The van der Waals surface area contributed by atoms with Gasteiger partial charge in [-0.1, -0.05) is 0 Å². The summed E-state index contributed by atoms with van der Waals surface area (Å²) in [4.78, 5) is 5.50. The fourth-order valence-corrected chi connectivity index (χ4v) is 2.77. The van der Waals surface area contributed by atoms with E-state index >= 15 is 0 Å². The minimum Gasteiger partial charge on any atom is -0.390 e. The van der Waals surface area contributed by atoms with Crippen LogP contribution in [0.15, 0.2) is 17.8 Å². The van der Waals surface area contributed by atoms with Crippen molar-refractivity contribution >= 4 is 16.3 Å². The second-order valence-electron chi connectivity index (χ2n) is 6.43. The van der Waals surface area contributed by atoms with E-state index in [0.717, 1.165) is 23.6 Å². The smallest absolute Gasteiger partial charge is 0.193 e. The zero-order valence-corrected chi connectivity index (χ0v) is 12.9. The van der Waals surface area contributed by atoms with E-state index in [1.165, 1.54) is 0 Å². The first-order valence-corrected chi connectivity index (χ1v) is 7.52. The fraction of sp³-hybridized carbons (Fsp3) is 0.643. The molecular formula is C14H23N3OS. The molecule has 0 saturated heterocycles. The average molecular weight is 281 g/mol. The summed E-state index contributed by atoms with van der Waals surface area (Å²) in [5.74, 6) is 0. The second-order valence-corrected chi connectivity index (χ2v) is 7.30. The van der Waals surface area contributed by atoms with Gasteiger partial charge in [0.25, 0.3) is 0 Å². The van der Waals surface area contributed by atoms with Crippen LogP contribution in [0.3, 0.4) is 0 Å². The van der Waals surface area contributed by atoms with Crippen molar-refractivity contribution in [2.75, 3.05) is 6.54 Å². The minimum absolute atomic E-state index is 0.0904. The van der Waals surface area contributed by atoms with Gasteiger partial charge in [-0.05, 0) is 40.7 Å². The highest BCUT2D eigenvalue weighted by atomic mass is 32.1. The first-order valence-electron chi connectivity index (χ1n) is 6.64. The molecule has 19 heavy (non-hydrogen) atoms. The van der Waals surface area contributed by atoms with Gasteiger partial charge in [-0.15, -0.1) is 11.3 Å². The molecule has 106 valence electrons. The number of nitrogens with one attached hydrogen (secondary N) is 1. The van der Waals surface area contributed by atoms with Gasteiger partial charge < -0.3 is 10.4 Å². The summed E-state index contributed by atoms with van der Waals surface area (Å²) in [6.07, 6.45) is 5.30. The summed E-state index contributed by atoms with van der Waals surface area (Å²) in [6, 6.07) is 0. The monoisotopic (exact) mass is 281 g/mol. The first-order chi connectivity index (χ1) is 8.75. The molecule has 0 bridgehead atoms. The van der Waals surface area contributed by atoms with Gasteiger partial charge in [0.05, 0.1) is 11.3 Å². The lowest BCUT2D eigenvalue weighted by Crippen LogP contribution is -2.40. The van der Waals surface area contributed by atoms with E-state index in [1.807, 2.05) is 29.1 Å². The predicted molar refractivity (Wildman–Crippen MR) is 79.8 cm³/mol. The van der Waals surface area contributed by atoms with E-state index in [4.69, 9.17) is 0 Å². The van der Waals surface area contributed by atoms with Crippen molar-refractivity contribution in [3.63, 3.8) is 0 Å². The minimum atomic E-state index is -0.720. The van der Waals surface area contributed by atoms with E-state index in [-0.39, 0.29) is 5.54 Å². The topological polar surface area (TPSA) is 49.6 Å². The van der Waals surface area contributed by atoms with Gasteiger partial charge in [-0.25, -0.2) is 4.98 Å². The van der Waals surface area contributed by atoms with Crippen LogP contribution in [0, 0.1) is 0 Å². The van der Waals surface area contributed by atoms with E-state index in [1.54, 1.807) is 11.3 Å². The maximum Gasteiger partial charge on any atom is 0.193 e. The van der Waals surface area contributed by atoms with E-state index in [0.29, 0.717) is 6.42 Å². The number of nitrogens with zero attached hydrogens (tertiary/aromatic N) is 2. The molecule has 0 amide bonds.